The van der Waals surface area contributed by atoms with Gasteiger partial charge in [-0.1, -0.05) is 36.3 Å². The maximum absolute atomic E-state index is 5.54. The van der Waals surface area contributed by atoms with Gasteiger partial charge in [-0.15, -0.1) is 0 Å². The van der Waals surface area contributed by atoms with Gasteiger partial charge in [0.1, 0.15) is 0 Å². The first-order valence-electron chi connectivity index (χ1n) is 9.61. The normalized spacial score (nSPS) is 17.9. The predicted octanol–water partition coefficient (Wildman–Crippen LogP) is 3.41. The van der Waals surface area contributed by atoms with E-state index >= 15 is 0 Å². The van der Waals surface area contributed by atoms with Crippen LogP contribution in [0.1, 0.15) is 42.1 Å². The third-order valence-corrected chi connectivity index (χ3v) is 5.41. The maximum atomic E-state index is 5.54. The molecule has 0 saturated heterocycles. The summed E-state index contributed by atoms with van der Waals surface area (Å²) in [5.41, 5.74) is 3.51. The van der Waals surface area contributed by atoms with E-state index in [4.69, 9.17) is 14.2 Å². The number of fused-ring (bicyclic) bond motifs is 1. The van der Waals surface area contributed by atoms with Crippen LogP contribution in [0.25, 0.3) is 0 Å². The van der Waals surface area contributed by atoms with Crippen LogP contribution in [0.3, 0.4) is 0 Å². The lowest BCUT2D eigenvalue weighted by atomic mass is 9.92. The quantitative estimate of drug-likeness (QED) is 0.685. The van der Waals surface area contributed by atoms with Gasteiger partial charge in [0.15, 0.2) is 11.5 Å². The number of methoxy groups -OCH3 is 3. The third kappa shape index (κ3) is 3.46. The number of tetrazole rings is 1. The van der Waals surface area contributed by atoms with E-state index in [0.29, 0.717) is 23.2 Å². The number of benzene rings is 2. The Morgan fingerprint density at radius 3 is 2.28 bits per heavy atom. The molecule has 1 N–H and O–H groups in total. The van der Waals surface area contributed by atoms with Crippen LogP contribution in [0.4, 0.5) is 5.95 Å². The molecule has 0 fully saturated rings. The molecule has 0 amide bonds. The Hall–Kier alpha value is -3.29. The Morgan fingerprint density at radius 2 is 1.69 bits per heavy atom. The number of nitrogens with one attached hydrogen (secondary N) is 1. The summed E-state index contributed by atoms with van der Waals surface area (Å²) in [4.78, 5) is 0. The predicted molar refractivity (Wildman–Crippen MR) is 109 cm³/mol. The average molecular weight is 395 g/mol. The first kappa shape index (κ1) is 19.0. The molecule has 8 nitrogen and oxygen atoms in total. The Balaban J connectivity index is 1.75. The minimum atomic E-state index is -0.0780. The summed E-state index contributed by atoms with van der Waals surface area (Å²) in [7, 11) is 4.83. The Kier molecular flexibility index (Phi) is 5.24. The van der Waals surface area contributed by atoms with Gasteiger partial charge in [-0.2, -0.15) is 0 Å². The molecular formula is C21H25N5O3. The molecule has 1 aromatic heterocycles. The SMILES string of the molecule is CCc1ccc([C@@H]2C[C@H](c3cc(OC)c(OC)c(OC)c3)n3nnnc3N2)cc1. The summed E-state index contributed by atoms with van der Waals surface area (Å²) in [6, 6.07) is 12.6. The average Bonchev–Trinajstić information content (AvgIpc) is 3.26. The van der Waals surface area contributed by atoms with Crippen LogP contribution in [-0.2, 0) is 6.42 Å². The van der Waals surface area contributed by atoms with Gasteiger partial charge in [0.25, 0.3) is 0 Å². The van der Waals surface area contributed by atoms with Crippen molar-refractivity contribution in [3.05, 3.63) is 53.1 Å². The lowest BCUT2D eigenvalue weighted by Crippen LogP contribution is -2.28. The first-order valence-corrected chi connectivity index (χ1v) is 9.61. The van der Waals surface area contributed by atoms with Crippen molar-refractivity contribution >= 4 is 5.95 Å². The van der Waals surface area contributed by atoms with Crippen LogP contribution < -0.4 is 19.5 Å². The van der Waals surface area contributed by atoms with E-state index < -0.39 is 0 Å². The van der Waals surface area contributed by atoms with E-state index in [-0.39, 0.29) is 12.1 Å². The number of ether oxygens (including phenoxy) is 3. The Bertz CT molecular complexity index is 961. The number of nitrogens with zero attached hydrogens (tertiary/aromatic N) is 4. The molecule has 0 unspecified atom stereocenters. The van der Waals surface area contributed by atoms with Crippen molar-refractivity contribution in [3.8, 4) is 17.2 Å². The lowest BCUT2D eigenvalue weighted by Gasteiger charge is -2.31. The van der Waals surface area contributed by atoms with E-state index in [9.17, 15) is 0 Å². The molecule has 0 bridgehead atoms. The number of rotatable bonds is 6. The highest BCUT2D eigenvalue weighted by atomic mass is 16.5. The largest absolute Gasteiger partial charge is 0.493 e. The van der Waals surface area contributed by atoms with Crippen LogP contribution in [0.5, 0.6) is 17.2 Å². The standard InChI is InChI=1S/C21H25N5O3/c1-5-13-6-8-14(9-7-13)16-12-17(26-21(22-16)23-24-25-26)15-10-18(27-2)20(29-4)19(11-15)28-3/h6-11,16-17H,5,12H2,1-4H3,(H,22,23,25)/t16-,17+/m0/s1. The van der Waals surface area contributed by atoms with Crippen molar-refractivity contribution in [1.82, 2.24) is 20.2 Å². The van der Waals surface area contributed by atoms with E-state index in [1.807, 2.05) is 12.1 Å². The molecule has 1 aliphatic heterocycles. The number of anilines is 1. The molecular weight excluding hydrogens is 370 g/mol. The number of aryl methyl sites for hydroxylation is 1. The van der Waals surface area contributed by atoms with Crippen LogP contribution in [0, 0.1) is 0 Å². The zero-order valence-corrected chi connectivity index (χ0v) is 17.0. The minimum absolute atomic E-state index is 0.0780. The lowest BCUT2D eigenvalue weighted by molar-refractivity contribution is 0.321. The fourth-order valence-corrected chi connectivity index (χ4v) is 3.81. The molecule has 29 heavy (non-hydrogen) atoms. The molecule has 1 aliphatic rings. The smallest absolute Gasteiger partial charge is 0.243 e. The second-order valence-corrected chi connectivity index (χ2v) is 6.95. The molecule has 2 heterocycles. The molecule has 2 atom stereocenters. The van der Waals surface area contributed by atoms with Gasteiger partial charge in [0.05, 0.1) is 33.4 Å². The monoisotopic (exact) mass is 395 g/mol. The molecule has 152 valence electrons. The number of hydrogen-bond donors (Lipinski definition) is 1. The van der Waals surface area contributed by atoms with Crippen molar-refractivity contribution in [2.75, 3.05) is 26.6 Å². The fourth-order valence-electron chi connectivity index (χ4n) is 3.81. The molecule has 2 aromatic carbocycles. The van der Waals surface area contributed by atoms with Gasteiger partial charge in [-0.05, 0) is 52.1 Å². The summed E-state index contributed by atoms with van der Waals surface area (Å²) in [6.07, 6.45) is 1.80. The maximum Gasteiger partial charge on any atom is 0.243 e. The van der Waals surface area contributed by atoms with E-state index in [2.05, 4.69) is 52.0 Å². The van der Waals surface area contributed by atoms with Gasteiger partial charge in [-0.3, -0.25) is 0 Å². The van der Waals surface area contributed by atoms with Gasteiger partial charge in [-0.25, -0.2) is 4.68 Å². The van der Waals surface area contributed by atoms with Gasteiger partial charge >= 0.3 is 0 Å². The fraction of sp³-hybridized carbons (Fsp3) is 0.381. The van der Waals surface area contributed by atoms with Crippen LogP contribution >= 0.6 is 0 Å². The summed E-state index contributed by atoms with van der Waals surface area (Å²) in [5, 5.41) is 15.7. The third-order valence-electron chi connectivity index (χ3n) is 5.41. The molecule has 0 spiro atoms. The highest BCUT2D eigenvalue weighted by molar-refractivity contribution is 5.55. The molecule has 0 radical (unpaired) electrons. The molecule has 0 aliphatic carbocycles. The zero-order chi connectivity index (χ0) is 20.4. The van der Waals surface area contributed by atoms with Gasteiger partial charge < -0.3 is 19.5 Å². The van der Waals surface area contributed by atoms with Crippen molar-refractivity contribution in [2.24, 2.45) is 0 Å². The van der Waals surface area contributed by atoms with Crippen molar-refractivity contribution in [1.29, 1.82) is 0 Å². The molecule has 3 aromatic rings. The summed E-state index contributed by atoms with van der Waals surface area (Å²) in [6.45, 7) is 2.16. The topological polar surface area (TPSA) is 83.3 Å². The number of hydrogen-bond acceptors (Lipinski definition) is 7. The molecule has 0 saturated carbocycles. The van der Waals surface area contributed by atoms with Gasteiger partial charge in [0, 0.05) is 0 Å². The second-order valence-electron chi connectivity index (χ2n) is 6.95. The Morgan fingerprint density at radius 1 is 1.00 bits per heavy atom. The summed E-state index contributed by atoms with van der Waals surface area (Å²) in [5.74, 6) is 2.42. The highest BCUT2D eigenvalue weighted by Crippen LogP contribution is 2.44. The van der Waals surface area contributed by atoms with E-state index in [1.165, 1.54) is 11.1 Å². The van der Waals surface area contributed by atoms with Crippen LogP contribution in [0.2, 0.25) is 0 Å². The van der Waals surface area contributed by atoms with Crippen LogP contribution in [0.15, 0.2) is 36.4 Å². The van der Waals surface area contributed by atoms with E-state index in [0.717, 1.165) is 18.4 Å². The Labute approximate surface area is 169 Å². The second kappa shape index (κ2) is 7.98. The van der Waals surface area contributed by atoms with Crippen molar-refractivity contribution in [2.45, 2.75) is 31.8 Å². The van der Waals surface area contributed by atoms with Crippen LogP contribution in [-0.4, -0.2) is 41.5 Å². The van der Waals surface area contributed by atoms with Gasteiger partial charge in [0.2, 0.25) is 11.7 Å². The molecule has 8 heteroatoms. The minimum Gasteiger partial charge on any atom is -0.493 e. The first-order chi connectivity index (χ1) is 14.2. The molecule has 4 rings (SSSR count). The summed E-state index contributed by atoms with van der Waals surface area (Å²) >= 11 is 0. The van der Waals surface area contributed by atoms with E-state index in [1.54, 1.807) is 26.0 Å². The van der Waals surface area contributed by atoms with Crippen molar-refractivity contribution < 1.29 is 14.2 Å². The highest BCUT2D eigenvalue weighted by Gasteiger charge is 2.32. The zero-order valence-electron chi connectivity index (χ0n) is 17.0. The summed E-state index contributed by atoms with van der Waals surface area (Å²) < 4.78 is 18.3. The van der Waals surface area contributed by atoms with Crippen molar-refractivity contribution in [3.63, 3.8) is 0 Å². The number of aromatic nitrogens is 4.